The van der Waals surface area contributed by atoms with E-state index in [4.69, 9.17) is 9.47 Å². The van der Waals surface area contributed by atoms with E-state index in [9.17, 15) is 9.90 Å². The van der Waals surface area contributed by atoms with E-state index >= 15 is 0 Å². The Kier molecular flexibility index (Phi) is 13.0. The first-order chi connectivity index (χ1) is 11.0. The van der Waals surface area contributed by atoms with E-state index in [1.807, 2.05) is 0 Å². The molecule has 1 atom stereocenters. The maximum absolute atomic E-state index is 10.8. The highest BCUT2D eigenvalue weighted by molar-refractivity contribution is 5.81. The minimum atomic E-state index is -0.426. The van der Waals surface area contributed by atoms with Gasteiger partial charge in [0, 0.05) is 12.7 Å². The van der Waals surface area contributed by atoms with Gasteiger partial charge < -0.3 is 19.1 Å². The number of hydrogen-bond acceptors (Lipinski definition) is 4. The molecule has 0 fully saturated rings. The zero-order chi connectivity index (χ0) is 17.6. The summed E-state index contributed by atoms with van der Waals surface area (Å²) >= 11 is 0. The van der Waals surface area contributed by atoms with Crippen LogP contribution in [0.1, 0.15) is 46.5 Å². The molecule has 0 aromatic carbocycles. The maximum atomic E-state index is 10.8. The van der Waals surface area contributed by atoms with Crippen LogP contribution in [-0.4, -0.2) is 67.7 Å². The van der Waals surface area contributed by atoms with Crippen LogP contribution in [0.4, 0.5) is 0 Å². The molecule has 23 heavy (non-hydrogen) atoms. The molecule has 136 valence electrons. The van der Waals surface area contributed by atoms with Crippen LogP contribution < -0.4 is 0 Å². The molecular weight excluding hydrogens is 294 g/mol. The van der Waals surface area contributed by atoms with Gasteiger partial charge in [0.25, 0.3) is 0 Å². The van der Waals surface area contributed by atoms with Crippen molar-refractivity contribution < 1.29 is 23.9 Å². The van der Waals surface area contributed by atoms with E-state index in [1.165, 1.54) is 12.8 Å². The summed E-state index contributed by atoms with van der Waals surface area (Å²) in [6, 6.07) is 0. The summed E-state index contributed by atoms with van der Waals surface area (Å²) in [7, 11) is 0. The van der Waals surface area contributed by atoms with Crippen LogP contribution in [-0.2, 0) is 14.3 Å². The van der Waals surface area contributed by atoms with Crippen molar-refractivity contribution in [3.8, 4) is 0 Å². The third-order valence-corrected chi connectivity index (χ3v) is 4.33. The number of aliphatic hydroxyl groups excluding tert-OH is 1. The standard InChI is InChI=1S/C18H36NO4/c1-5-9-12-19(7-3,8-4)15-17(20)16-22-13-10-11-14-23-18(21)6-2/h6,17,20H,2,5,7-16H2,1,3-4H3/q+1. The highest BCUT2D eigenvalue weighted by atomic mass is 16.5. The minimum absolute atomic E-state index is 0.374. The second-order valence-corrected chi connectivity index (χ2v) is 6.04. The predicted octanol–water partition coefficient (Wildman–Crippen LogP) is 2.53. The van der Waals surface area contributed by atoms with Gasteiger partial charge in [-0.15, -0.1) is 0 Å². The van der Waals surface area contributed by atoms with E-state index in [0.717, 1.165) is 49.6 Å². The molecule has 0 heterocycles. The number of unbranched alkanes of at least 4 members (excludes halogenated alkanes) is 2. The summed E-state index contributed by atoms with van der Waals surface area (Å²) in [5, 5.41) is 10.2. The van der Waals surface area contributed by atoms with Gasteiger partial charge in [-0.05, 0) is 33.1 Å². The Balaban J connectivity index is 3.85. The molecule has 0 bridgehead atoms. The summed E-state index contributed by atoms with van der Waals surface area (Å²) in [5.41, 5.74) is 0. The number of aliphatic hydroxyl groups is 1. The van der Waals surface area contributed by atoms with Crippen LogP contribution in [0.15, 0.2) is 12.7 Å². The number of rotatable bonds is 15. The van der Waals surface area contributed by atoms with Gasteiger partial charge in [-0.1, -0.05) is 19.9 Å². The number of carbonyl (C=O) groups is 1. The number of hydrogen-bond donors (Lipinski definition) is 1. The molecule has 0 amide bonds. The van der Waals surface area contributed by atoms with Crippen molar-refractivity contribution in [2.45, 2.75) is 52.6 Å². The van der Waals surface area contributed by atoms with Crippen LogP contribution in [0.5, 0.6) is 0 Å². The Hall–Kier alpha value is -0.910. The summed E-state index contributed by atoms with van der Waals surface area (Å²) in [5.74, 6) is -0.387. The van der Waals surface area contributed by atoms with E-state index in [-0.39, 0.29) is 5.97 Å². The van der Waals surface area contributed by atoms with Crippen LogP contribution in [0.2, 0.25) is 0 Å². The molecule has 0 aromatic heterocycles. The van der Waals surface area contributed by atoms with Gasteiger partial charge in [0.05, 0.1) is 32.8 Å². The Labute approximate surface area is 141 Å². The fourth-order valence-corrected chi connectivity index (χ4v) is 2.64. The monoisotopic (exact) mass is 330 g/mol. The van der Waals surface area contributed by atoms with Gasteiger partial charge in [-0.3, -0.25) is 0 Å². The van der Waals surface area contributed by atoms with Gasteiger partial charge in [0.2, 0.25) is 0 Å². The van der Waals surface area contributed by atoms with Gasteiger partial charge in [0.1, 0.15) is 12.6 Å². The van der Waals surface area contributed by atoms with Gasteiger partial charge in [-0.25, -0.2) is 4.79 Å². The quantitative estimate of drug-likeness (QED) is 0.217. The molecular formula is C18H36NO4+. The zero-order valence-corrected chi connectivity index (χ0v) is 15.3. The number of esters is 1. The molecule has 0 saturated carbocycles. The average Bonchev–Trinajstić information content (AvgIpc) is 2.57. The average molecular weight is 330 g/mol. The van der Waals surface area contributed by atoms with Crippen molar-refractivity contribution in [2.24, 2.45) is 0 Å². The molecule has 5 nitrogen and oxygen atoms in total. The van der Waals surface area contributed by atoms with Gasteiger partial charge >= 0.3 is 5.97 Å². The lowest BCUT2D eigenvalue weighted by atomic mass is 10.2. The van der Waals surface area contributed by atoms with E-state index < -0.39 is 6.10 Å². The second kappa shape index (κ2) is 13.5. The number of nitrogens with zero attached hydrogens (tertiary/aromatic N) is 1. The Bertz CT molecular complexity index is 316. The smallest absolute Gasteiger partial charge is 0.330 e. The zero-order valence-electron chi connectivity index (χ0n) is 15.3. The first kappa shape index (κ1) is 22.1. The summed E-state index contributed by atoms with van der Waals surface area (Å²) in [6.07, 6.45) is 4.69. The molecule has 0 rings (SSSR count). The summed E-state index contributed by atoms with van der Waals surface area (Å²) < 4.78 is 11.4. The number of ether oxygens (including phenoxy) is 2. The Morgan fingerprint density at radius 2 is 1.83 bits per heavy atom. The van der Waals surface area contributed by atoms with E-state index in [2.05, 4.69) is 27.4 Å². The van der Waals surface area contributed by atoms with Crippen molar-refractivity contribution in [1.29, 1.82) is 0 Å². The highest BCUT2D eigenvalue weighted by Crippen LogP contribution is 2.11. The van der Waals surface area contributed by atoms with Crippen molar-refractivity contribution >= 4 is 5.97 Å². The van der Waals surface area contributed by atoms with Gasteiger partial charge in [0.15, 0.2) is 0 Å². The van der Waals surface area contributed by atoms with Crippen molar-refractivity contribution in [3.05, 3.63) is 12.7 Å². The van der Waals surface area contributed by atoms with Crippen LogP contribution in [0, 0.1) is 0 Å². The summed E-state index contributed by atoms with van der Waals surface area (Å²) in [6.45, 7) is 15.2. The molecule has 1 N–H and O–H groups in total. The number of quaternary nitrogens is 1. The van der Waals surface area contributed by atoms with Crippen molar-refractivity contribution in [3.63, 3.8) is 0 Å². The van der Waals surface area contributed by atoms with Crippen LogP contribution in [0.3, 0.4) is 0 Å². The number of carbonyl (C=O) groups excluding carboxylic acids is 1. The molecule has 0 aliphatic carbocycles. The fourth-order valence-electron chi connectivity index (χ4n) is 2.64. The predicted molar refractivity (Wildman–Crippen MR) is 93.2 cm³/mol. The lowest BCUT2D eigenvalue weighted by Gasteiger charge is -2.38. The molecule has 0 aromatic rings. The molecule has 5 heteroatoms. The Morgan fingerprint density at radius 3 is 2.39 bits per heavy atom. The second-order valence-electron chi connectivity index (χ2n) is 6.04. The van der Waals surface area contributed by atoms with Crippen LogP contribution in [0.25, 0.3) is 0 Å². The third kappa shape index (κ3) is 10.5. The number of likely N-dealkylation sites (N-methyl/N-ethyl adjacent to an activating group) is 1. The van der Waals surface area contributed by atoms with E-state index in [0.29, 0.717) is 19.8 Å². The Morgan fingerprint density at radius 1 is 1.17 bits per heavy atom. The SMILES string of the molecule is C=CC(=O)OCCCCOCC(O)C[N+](CC)(CC)CCCC. The van der Waals surface area contributed by atoms with Crippen LogP contribution >= 0.6 is 0 Å². The van der Waals surface area contributed by atoms with Crippen molar-refractivity contribution in [2.75, 3.05) is 46.0 Å². The maximum Gasteiger partial charge on any atom is 0.330 e. The lowest BCUT2D eigenvalue weighted by molar-refractivity contribution is -0.928. The fraction of sp³-hybridized carbons (Fsp3) is 0.833. The normalized spacial score (nSPS) is 12.9. The molecule has 0 saturated heterocycles. The lowest BCUT2D eigenvalue weighted by Crippen LogP contribution is -2.53. The highest BCUT2D eigenvalue weighted by Gasteiger charge is 2.26. The summed E-state index contributed by atoms with van der Waals surface area (Å²) in [4.78, 5) is 10.8. The first-order valence-electron chi connectivity index (χ1n) is 8.93. The van der Waals surface area contributed by atoms with Gasteiger partial charge in [-0.2, -0.15) is 0 Å². The largest absolute Gasteiger partial charge is 0.463 e. The topological polar surface area (TPSA) is 55.8 Å². The third-order valence-electron chi connectivity index (χ3n) is 4.33. The minimum Gasteiger partial charge on any atom is -0.463 e. The molecule has 0 spiro atoms. The molecule has 0 aliphatic heterocycles. The van der Waals surface area contributed by atoms with E-state index in [1.54, 1.807) is 0 Å². The van der Waals surface area contributed by atoms with Crippen molar-refractivity contribution in [1.82, 2.24) is 0 Å². The molecule has 0 aliphatic rings. The molecule has 1 unspecified atom stereocenters. The first-order valence-corrected chi connectivity index (χ1v) is 8.93. The molecule has 0 radical (unpaired) electrons.